The normalized spacial score (nSPS) is 23.4. The predicted octanol–water partition coefficient (Wildman–Crippen LogP) is 3.06. The third-order valence-electron chi connectivity index (χ3n) is 4.24. The maximum absolute atomic E-state index is 5.49. The van der Waals surface area contributed by atoms with Gasteiger partial charge in [-0.1, -0.05) is 24.3 Å². The van der Waals surface area contributed by atoms with Gasteiger partial charge < -0.3 is 4.42 Å². The molecule has 4 nitrogen and oxygen atoms in total. The standard InChI is InChI=1S/C16H21N3O/c1-11-6-4-5-7-15(11)14-8-12(2)19(9-14)10-16-18-17-13(3)20-16/h4-7,12,14H,8-10H2,1-3H3/t12-,14+/m0/s1. The fraction of sp³-hybridized carbons (Fsp3) is 0.500. The first-order chi connectivity index (χ1) is 9.63. The lowest BCUT2D eigenvalue weighted by Crippen LogP contribution is -2.26. The average molecular weight is 271 g/mol. The van der Waals surface area contributed by atoms with Crippen LogP contribution in [-0.2, 0) is 6.54 Å². The van der Waals surface area contributed by atoms with Crippen LogP contribution in [0.1, 0.15) is 42.2 Å². The number of rotatable bonds is 3. The molecule has 20 heavy (non-hydrogen) atoms. The number of likely N-dealkylation sites (tertiary alicyclic amines) is 1. The van der Waals surface area contributed by atoms with Crippen LogP contribution >= 0.6 is 0 Å². The summed E-state index contributed by atoms with van der Waals surface area (Å²) in [4.78, 5) is 2.43. The summed E-state index contributed by atoms with van der Waals surface area (Å²) in [5.41, 5.74) is 2.86. The number of benzene rings is 1. The molecule has 0 amide bonds. The van der Waals surface area contributed by atoms with Crippen molar-refractivity contribution in [1.29, 1.82) is 0 Å². The summed E-state index contributed by atoms with van der Waals surface area (Å²) in [7, 11) is 0. The number of nitrogens with zero attached hydrogens (tertiary/aromatic N) is 3. The highest BCUT2D eigenvalue weighted by molar-refractivity contribution is 5.30. The monoisotopic (exact) mass is 271 g/mol. The second-order valence-electron chi connectivity index (χ2n) is 5.78. The fourth-order valence-corrected chi connectivity index (χ4v) is 3.16. The molecule has 106 valence electrons. The Bertz CT molecular complexity index is 593. The molecule has 4 heteroatoms. The largest absolute Gasteiger partial charge is 0.424 e. The summed E-state index contributed by atoms with van der Waals surface area (Å²) in [6.07, 6.45) is 1.19. The highest BCUT2D eigenvalue weighted by atomic mass is 16.4. The highest BCUT2D eigenvalue weighted by Gasteiger charge is 2.31. The van der Waals surface area contributed by atoms with E-state index >= 15 is 0 Å². The Morgan fingerprint density at radius 3 is 2.75 bits per heavy atom. The van der Waals surface area contributed by atoms with Crippen LogP contribution in [0.25, 0.3) is 0 Å². The van der Waals surface area contributed by atoms with Crippen LogP contribution in [0.5, 0.6) is 0 Å². The first-order valence-electron chi connectivity index (χ1n) is 7.22. The smallest absolute Gasteiger partial charge is 0.230 e. The lowest BCUT2D eigenvalue weighted by Gasteiger charge is -2.18. The zero-order chi connectivity index (χ0) is 14.1. The Morgan fingerprint density at radius 1 is 1.25 bits per heavy atom. The molecule has 0 N–H and O–H groups in total. The first-order valence-corrected chi connectivity index (χ1v) is 7.22. The maximum atomic E-state index is 5.49. The van der Waals surface area contributed by atoms with Crippen molar-refractivity contribution in [1.82, 2.24) is 15.1 Å². The topological polar surface area (TPSA) is 42.2 Å². The minimum absolute atomic E-state index is 0.548. The van der Waals surface area contributed by atoms with Gasteiger partial charge in [-0.15, -0.1) is 10.2 Å². The second-order valence-corrected chi connectivity index (χ2v) is 5.78. The fourth-order valence-electron chi connectivity index (χ4n) is 3.16. The van der Waals surface area contributed by atoms with Crippen LogP contribution in [0, 0.1) is 13.8 Å². The molecule has 0 saturated carbocycles. The average Bonchev–Trinajstić information content (AvgIpc) is 2.98. The van der Waals surface area contributed by atoms with E-state index in [9.17, 15) is 0 Å². The van der Waals surface area contributed by atoms with E-state index < -0.39 is 0 Å². The lowest BCUT2D eigenvalue weighted by atomic mass is 9.93. The van der Waals surface area contributed by atoms with E-state index in [-0.39, 0.29) is 0 Å². The zero-order valence-corrected chi connectivity index (χ0v) is 12.3. The summed E-state index contributed by atoms with van der Waals surface area (Å²) in [6, 6.07) is 9.25. The van der Waals surface area contributed by atoms with Crippen molar-refractivity contribution in [3.8, 4) is 0 Å². The molecular weight excluding hydrogens is 250 g/mol. The summed E-state index contributed by atoms with van der Waals surface area (Å²) < 4.78 is 5.49. The molecular formula is C16H21N3O. The third-order valence-corrected chi connectivity index (χ3v) is 4.24. The molecule has 2 atom stereocenters. The number of aryl methyl sites for hydroxylation is 2. The summed E-state index contributed by atoms with van der Waals surface area (Å²) in [5, 5.41) is 8.00. The van der Waals surface area contributed by atoms with Gasteiger partial charge in [0.2, 0.25) is 11.8 Å². The van der Waals surface area contributed by atoms with E-state index in [4.69, 9.17) is 4.42 Å². The molecule has 1 aliphatic rings. The molecule has 2 heterocycles. The molecule has 1 saturated heterocycles. The SMILES string of the molecule is Cc1nnc(CN2C[C@H](c3ccccc3C)C[C@@H]2C)o1. The molecule has 3 rings (SSSR count). The Balaban J connectivity index is 1.72. The van der Waals surface area contributed by atoms with Gasteiger partial charge in [-0.3, -0.25) is 4.90 Å². The van der Waals surface area contributed by atoms with Crippen LogP contribution in [0.15, 0.2) is 28.7 Å². The van der Waals surface area contributed by atoms with Gasteiger partial charge in [-0.25, -0.2) is 0 Å². The van der Waals surface area contributed by atoms with Crippen molar-refractivity contribution in [2.24, 2.45) is 0 Å². The van der Waals surface area contributed by atoms with E-state index in [1.54, 1.807) is 0 Å². The second kappa shape index (κ2) is 5.37. The van der Waals surface area contributed by atoms with Crippen LogP contribution in [0.3, 0.4) is 0 Å². The van der Waals surface area contributed by atoms with E-state index in [1.807, 2.05) is 6.92 Å². The van der Waals surface area contributed by atoms with Crippen LogP contribution in [0.4, 0.5) is 0 Å². The van der Waals surface area contributed by atoms with Gasteiger partial charge in [0.15, 0.2) is 0 Å². The van der Waals surface area contributed by atoms with Crippen LogP contribution in [0.2, 0.25) is 0 Å². The molecule has 1 aromatic carbocycles. The van der Waals surface area contributed by atoms with Crippen molar-refractivity contribution in [2.75, 3.05) is 6.54 Å². The van der Waals surface area contributed by atoms with Gasteiger partial charge in [-0.2, -0.15) is 0 Å². The Kier molecular flexibility index (Phi) is 3.57. The van der Waals surface area contributed by atoms with Gasteiger partial charge in [-0.05, 0) is 37.3 Å². The minimum atomic E-state index is 0.548. The zero-order valence-electron chi connectivity index (χ0n) is 12.3. The molecule has 0 radical (unpaired) electrons. The number of aromatic nitrogens is 2. The van der Waals surface area contributed by atoms with E-state index in [0.29, 0.717) is 17.9 Å². The molecule has 0 unspecified atom stereocenters. The summed E-state index contributed by atoms with van der Waals surface area (Å²) >= 11 is 0. The number of hydrogen-bond donors (Lipinski definition) is 0. The van der Waals surface area contributed by atoms with Gasteiger partial charge in [0.25, 0.3) is 0 Å². The van der Waals surface area contributed by atoms with E-state index in [0.717, 1.165) is 19.0 Å². The Hall–Kier alpha value is -1.68. The molecule has 1 fully saturated rings. The maximum Gasteiger partial charge on any atom is 0.230 e. The molecule has 0 spiro atoms. The van der Waals surface area contributed by atoms with Crippen LogP contribution in [-0.4, -0.2) is 27.7 Å². The van der Waals surface area contributed by atoms with Crippen molar-refractivity contribution < 1.29 is 4.42 Å². The van der Waals surface area contributed by atoms with Gasteiger partial charge >= 0.3 is 0 Å². The highest BCUT2D eigenvalue weighted by Crippen LogP contribution is 2.33. The van der Waals surface area contributed by atoms with Gasteiger partial charge in [0, 0.05) is 19.5 Å². The Morgan fingerprint density at radius 2 is 2.05 bits per heavy atom. The van der Waals surface area contributed by atoms with Crippen molar-refractivity contribution in [2.45, 2.75) is 45.7 Å². The minimum Gasteiger partial charge on any atom is -0.424 e. The molecule has 2 aromatic rings. The quantitative estimate of drug-likeness (QED) is 0.860. The van der Waals surface area contributed by atoms with Gasteiger partial charge in [0.1, 0.15) is 0 Å². The summed E-state index contributed by atoms with van der Waals surface area (Å²) in [6.45, 7) is 8.13. The Labute approximate surface area is 119 Å². The van der Waals surface area contributed by atoms with Crippen molar-refractivity contribution >= 4 is 0 Å². The van der Waals surface area contributed by atoms with Gasteiger partial charge in [0.05, 0.1) is 6.54 Å². The van der Waals surface area contributed by atoms with E-state index in [2.05, 4.69) is 53.2 Å². The first kappa shape index (κ1) is 13.3. The molecule has 0 aliphatic carbocycles. The summed E-state index contributed by atoms with van der Waals surface area (Å²) in [5.74, 6) is 1.97. The van der Waals surface area contributed by atoms with E-state index in [1.165, 1.54) is 17.5 Å². The molecule has 1 aromatic heterocycles. The predicted molar refractivity (Wildman–Crippen MR) is 77.4 cm³/mol. The van der Waals surface area contributed by atoms with Crippen LogP contribution < -0.4 is 0 Å². The number of hydrogen-bond acceptors (Lipinski definition) is 4. The van der Waals surface area contributed by atoms with Crippen molar-refractivity contribution in [3.63, 3.8) is 0 Å². The molecule has 1 aliphatic heterocycles. The molecule has 0 bridgehead atoms. The third kappa shape index (κ3) is 2.61. The van der Waals surface area contributed by atoms with Crippen molar-refractivity contribution in [3.05, 3.63) is 47.2 Å². The lowest BCUT2D eigenvalue weighted by molar-refractivity contribution is 0.231.